The molecule has 0 radical (unpaired) electrons. The van der Waals surface area contributed by atoms with Crippen molar-refractivity contribution < 1.29 is 18.1 Å². The number of non-ortho nitro benzene ring substituents is 1. The van der Waals surface area contributed by atoms with Crippen molar-refractivity contribution in [2.75, 3.05) is 6.54 Å². The first-order valence-electron chi connectivity index (χ1n) is 7.05. The Hall–Kier alpha value is -2.41. The minimum atomic E-state index is -4.40. The second-order valence-electron chi connectivity index (χ2n) is 5.39. The maximum absolute atomic E-state index is 12.7. The number of nitrogens with one attached hydrogen (secondary N) is 1. The van der Waals surface area contributed by atoms with Crippen molar-refractivity contribution in [3.8, 4) is 11.1 Å². The van der Waals surface area contributed by atoms with Gasteiger partial charge in [-0.15, -0.1) is 0 Å². The van der Waals surface area contributed by atoms with Gasteiger partial charge in [0, 0.05) is 18.7 Å². The van der Waals surface area contributed by atoms with Crippen LogP contribution in [-0.2, 0) is 19.1 Å². The summed E-state index contributed by atoms with van der Waals surface area (Å²) in [6, 6.07) is 7.69. The number of nitro groups is 1. The quantitative estimate of drug-likeness (QED) is 0.673. The molecule has 2 aromatic rings. The molecule has 1 heterocycles. The highest BCUT2D eigenvalue weighted by atomic mass is 19.4. The summed E-state index contributed by atoms with van der Waals surface area (Å²) < 4.78 is 38.0. The topological polar surface area (TPSA) is 55.2 Å². The van der Waals surface area contributed by atoms with Gasteiger partial charge in [0.25, 0.3) is 5.69 Å². The third-order valence-corrected chi connectivity index (χ3v) is 3.93. The van der Waals surface area contributed by atoms with Crippen LogP contribution in [0.5, 0.6) is 0 Å². The zero-order chi connectivity index (χ0) is 16.6. The highest BCUT2D eigenvalue weighted by Gasteiger charge is 2.30. The van der Waals surface area contributed by atoms with E-state index < -0.39 is 16.7 Å². The van der Waals surface area contributed by atoms with Crippen molar-refractivity contribution in [2.45, 2.75) is 19.1 Å². The molecule has 1 aliphatic rings. The lowest BCUT2D eigenvalue weighted by molar-refractivity contribution is -0.384. The monoisotopic (exact) mass is 322 g/mol. The average molecular weight is 322 g/mol. The number of nitrogens with zero attached hydrogens (tertiary/aromatic N) is 1. The lowest BCUT2D eigenvalue weighted by atomic mass is 9.90. The molecule has 0 bridgehead atoms. The third kappa shape index (κ3) is 3.05. The second-order valence-corrected chi connectivity index (χ2v) is 5.39. The van der Waals surface area contributed by atoms with Gasteiger partial charge in [-0.25, -0.2) is 0 Å². The van der Waals surface area contributed by atoms with Gasteiger partial charge < -0.3 is 5.32 Å². The summed E-state index contributed by atoms with van der Waals surface area (Å²) in [5.74, 6) is 0. The molecule has 7 heteroatoms. The number of alkyl halides is 3. The van der Waals surface area contributed by atoms with Crippen LogP contribution in [0.3, 0.4) is 0 Å². The molecule has 4 nitrogen and oxygen atoms in total. The predicted octanol–water partition coefficient (Wildman–Crippen LogP) is 3.93. The molecule has 23 heavy (non-hydrogen) atoms. The van der Waals surface area contributed by atoms with E-state index in [1.807, 2.05) is 0 Å². The minimum absolute atomic E-state index is 0.0534. The van der Waals surface area contributed by atoms with Gasteiger partial charge in [-0.05, 0) is 47.4 Å². The first-order chi connectivity index (χ1) is 10.9. The maximum Gasteiger partial charge on any atom is 0.416 e. The molecule has 0 amide bonds. The Morgan fingerprint density at radius 3 is 2.43 bits per heavy atom. The molecule has 0 atom stereocenters. The molecule has 1 N–H and O–H groups in total. The first kappa shape index (κ1) is 15.5. The summed E-state index contributed by atoms with van der Waals surface area (Å²) in [6.45, 7) is 1.25. The van der Waals surface area contributed by atoms with Crippen LogP contribution in [0.2, 0.25) is 0 Å². The van der Waals surface area contributed by atoms with E-state index in [4.69, 9.17) is 0 Å². The summed E-state index contributed by atoms with van der Waals surface area (Å²) >= 11 is 0. The van der Waals surface area contributed by atoms with Gasteiger partial charge in [0.1, 0.15) is 0 Å². The van der Waals surface area contributed by atoms with E-state index >= 15 is 0 Å². The van der Waals surface area contributed by atoms with E-state index in [0.29, 0.717) is 24.1 Å². The van der Waals surface area contributed by atoms with Crippen LogP contribution in [0.4, 0.5) is 18.9 Å². The standard InChI is InChI=1S/C16H13F3N2O2/c17-16(18,19)12-3-1-10(2-4-12)15-8-13(21(22)23)7-11-9-20-6-5-14(11)15/h1-4,7-8,20H,5-6,9H2. The molecule has 0 saturated heterocycles. The average Bonchev–Trinajstić information content (AvgIpc) is 2.53. The molecule has 0 aliphatic carbocycles. The van der Waals surface area contributed by atoms with Crippen molar-refractivity contribution >= 4 is 5.69 Å². The summed E-state index contributed by atoms with van der Waals surface area (Å²) in [5.41, 5.74) is 2.17. The van der Waals surface area contributed by atoms with Gasteiger partial charge >= 0.3 is 6.18 Å². The molecule has 120 valence electrons. The Balaban J connectivity index is 2.11. The zero-order valence-electron chi connectivity index (χ0n) is 12.0. The molecule has 0 fully saturated rings. The smallest absolute Gasteiger partial charge is 0.312 e. The van der Waals surface area contributed by atoms with Crippen molar-refractivity contribution in [3.63, 3.8) is 0 Å². The normalized spacial score (nSPS) is 14.4. The number of rotatable bonds is 2. The Morgan fingerprint density at radius 2 is 1.83 bits per heavy atom. The van der Waals surface area contributed by atoms with Crippen LogP contribution in [0.25, 0.3) is 11.1 Å². The van der Waals surface area contributed by atoms with E-state index in [9.17, 15) is 23.3 Å². The highest BCUT2D eigenvalue weighted by molar-refractivity contribution is 5.72. The van der Waals surface area contributed by atoms with E-state index in [0.717, 1.165) is 29.8 Å². The lowest BCUT2D eigenvalue weighted by Crippen LogP contribution is -2.24. The van der Waals surface area contributed by atoms with Crippen LogP contribution in [0.15, 0.2) is 36.4 Å². The lowest BCUT2D eigenvalue weighted by Gasteiger charge is -2.20. The highest BCUT2D eigenvalue weighted by Crippen LogP contribution is 2.35. The van der Waals surface area contributed by atoms with E-state index in [1.54, 1.807) is 0 Å². The molecular weight excluding hydrogens is 309 g/mol. The molecule has 0 spiro atoms. The third-order valence-electron chi connectivity index (χ3n) is 3.93. The van der Waals surface area contributed by atoms with Gasteiger partial charge in [-0.3, -0.25) is 10.1 Å². The van der Waals surface area contributed by atoms with Gasteiger partial charge in [0.2, 0.25) is 0 Å². The van der Waals surface area contributed by atoms with Crippen LogP contribution < -0.4 is 5.32 Å². The largest absolute Gasteiger partial charge is 0.416 e. The fraction of sp³-hybridized carbons (Fsp3) is 0.250. The van der Waals surface area contributed by atoms with Crippen molar-refractivity contribution in [1.82, 2.24) is 5.32 Å². The van der Waals surface area contributed by atoms with Gasteiger partial charge in [-0.1, -0.05) is 12.1 Å². The van der Waals surface area contributed by atoms with Crippen LogP contribution >= 0.6 is 0 Å². The van der Waals surface area contributed by atoms with Crippen LogP contribution in [0, 0.1) is 10.1 Å². The Kier molecular flexibility index (Phi) is 3.81. The van der Waals surface area contributed by atoms with E-state index in [1.165, 1.54) is 24.3 Å². The Bertz CT molecular complexity index is 755. The molecule has 2 aromatic carbocycles. The number of halogens is 3. The number of hydrogen-bond donors (Lipinski definition) is 1. The number of benzene rings is 2. The Labute approximate surface area is 130 Å². The molecule has 0 unspecified atom stereocenters. The number of fused-ring (bicyclic) bond motifs is 1. The minimum Gasteiger partial charge on any atom is -0.312 e. The molecule has 3 rings (SSSR count). The van der Waals surface area contributed by atoms with E-state index in [2.05, 4.69) is 5.32 Å². The fourth-order valence-electron chi connectivity index (χ4n) is 2.81. The first-order valence-corrected chi connectivity index (χ1v) is 7.05. The van der Waals surface area contributed by atoms with Crippen molar-refractivity contribution in [2.24, 2.45) is 0 Å². The van der Waals surface area contributed by atoms with E-state index in [-0.39, 0.29) is 5.69 Å². The number of nitro benzene ring substituents is 1. The number of hydrogen-bond acceptors (Lipinski definition) is 3. The second kappa shape index (κ2) is 5.66. The van der Waals surface area contributed by atoms with Gasteiger partial charge in [-0.2, -0.15) is 13.2 Å². The molecule has 0 saturated carbocycles. The van der Waals surface area contributed by atoms with Gasteiger partial charge in [0.05, 0.1) is 10.5 Å². The van der Waals surface area contributed by atoms with Crippen molar-refractivity contribution in [3.05, 3.63) is 63.2 Å². The summed E-state index contributed by atoms with van der Waals surface area (Å²) in [5, 5.41) is 14.2. The zero-order valence-corrected chi connectivity index (χ0v) is 12.0. The summed E-state index contributed by atoms with van der Waals surface area (Å²) in [7, 11) is 0. The predicted molar refractivity (Wildman–Crippen MR) is 78.9 cm³/mol. The SMILES string of the molecule is O=[N+]([O-])c1cc2c(c(-c3ccc(C(F)(F)F)cc3)c1)CCNC2. The van der Waals surface area contributed by atoms with Gasteiger partial charge in [0.15, 0.2) is 0 Å². The summed E-state index contributed by atoms with van der Waals surface area (Å²) in [4.78, 5) is 10.6. The van der Waals surface area contributed by atoms with Crippen LogP contribution in [0.1, 0.15) is 16.7 Å². The molecule has 1 aliphatic heterocycles. The fourth-order valence-corrected chi connectivity index (χ4v) is 2.81. The van der Waals surface area contributed by atoms with Crippen molar-refractivity contribution in [1.29, 1.82) is 0 Å². The van der Waals surface area contributed by atoms with Crippen LogP contribution in [-0.4, -0.2) is 11.5 Å². The Morgan fingerprint density at radius 1 is 1.13 bits per heavy atom. The molecular formula is C16H13F3N2O2. The summed E-state index contributed by atoms with van der Waals surface area (Å²) in [6.07, 6.45) is -3.71. The molecule has 0 aromatic heterocycles. The maximum atomic E-state index is 12.7.